The molecule has 0 aromatic carbocycles. The number of fused-ring (bicyclic) bond motifs is 1. The smallest absolute Gasteiger partial charge is 0.133 e. The summed E-state index contributed by atoms with van der Waals surface area (Å²) in [6.07, 6.45) is 1.88. The molecule has 1 aliphatic heterocycles. The number of pyridine rings is 1. The van der Waals surface area contributed by atoms with E-state index in [1.165, 1.54) is 5.69 Å². The lowest BCUT2D eigenvalue weighted by atomic mass is 10.3. The second-order valence-electron chi connectivity index (χ2n) is 6.81. The zero-order valence-corrected chi connectivity index (χ0v) is 15.1. The molecule has 3 aromatic heterocycles. The van der Waals surface area contributed by atoms with Crippen molar-refractivity contribution in [3.63, 3.8) is 0 Å². The van der Waals surface area contributed by atoms with Crippen LogP contribution < -0.4 is 0 Å². The van der Waals surface area contributed by atoms with Gasteiger partial charge in [0.15, 0.2) is 0 Å². The minimum atomic E-state index is 0.0338. The fourth-order valence-corrected chi connectivity index (χ4v) is 3.32. The Morgan fingerprint density at radius 2 is 2.12 bits per heavy atom. The van der Waals surface area contributed by atoms with Gasteiger partial charge < -0.3 is 9.26 Å². The molecule has 0 N–H and O–H groups in total. The number of aromatic nitrogens is 4. The maximum Gasteiger partial charge on any atom is 0.133 e. The van der Waals surface area contributed by atoms with Crippen LogP contribution in [0.15, 0.2) is 41.1 Å². The van der Waals surface area contributed by atoms with Gasteiger partial charge in [0.2, 0.25) is 0 Å². The number of hydrogen-bond acceptors (Lipinski definition) is 6. The number of rotatable bonds is 5. The molecule has 4 heterocycles. The van der Waals surface area contributed by atoms with Gasteiger partial charge in [0, 0.05) is 37.6 Å². The minimum absolute atomic E-state index is 0.0338. The predicted octanol–water partition coefficient (Wildman–Crippen LogP) is 2.48. The van der Waals surface area contributed by atoms with Crippen LogP contribution in [0.2, 0.25) is 0 Å². The average Bonchev–Trinajstić information content (AvgIpc) is 3.18. The molecule has 0 saturated heterocycles. The molecule has 0 radical (unpaired) electrons. The van der Waals surface area contributed by atoms with Crippen molar-refractivity contribution in [1.29, 1.82) is 0 Å². The van der Waals surface area contributed by atoms with Gasteiger partial charge in [-0.1, -0.05) is 11.2 Å². The molecule has 0 aliphatic carbocycles. The molecule has 26 heavy (non-hydrogen) atoms. The normalized spacial score (nSPS) is 17.8. The van der Waals surface area contributed by atoms with Gasteiger partial charge in [-0.15, -0.1) is 0 Å². The van der Waals surface area contributed by atoms with E-state index in [4.69, 9.17) is 9.26 Å². The molecule has 3 aromatic rings. The lowest BCUT2D eigenvalue weighted by Gasteiger charge is -2.23. The molecule has 0 amide bonds. The van der Waals surface area contributed by atoms with E-state index in [0.717, 1.165) is 49.0 Å². The first-order valence-corrected chi connectivity index (χ1v) is 8.85. The third kappa shape index (κ3) is 4.00. The van der Waals surface area contributed by atoms with Crippen molar-refractivity contribution >= 4 is 0 Å². The zero-order chi connectivity index (χ0) is 17.9. The second-order valence-corrected chi connectivity index (χ2v) is 6.81. The van der Waals surface area contributed by atoms with Crippen LogP contribution in [0.4, 0.5) is 0 Å². The highest BCUT2D eigenvalue weighted by Crippen LogP contribution is 2.17. The van der Waals surface area contributed by atoms with Crippen molar-refractivity contribution in [1.82, 2.24) is 24.8 Å². The molecule has 0 saturated carbocycles. The number of ether oxygens (including phenoxy) is 1. The van der Waals surface area contributed by atoms with Crippen LogP contribution in [-0.4, -0.2) is 37.5 Å². The van der Waals surface area contributed by atoms with E-state index in [2.05, 4.69) is 26.2 Å². The first-order chi connectivity index (χ1) is 12.7. The van der Waals surface area contributed by atoms with Crippen LogP contribution >= 0.6 is 0 Å². The number of hydrogen-bond donors (Lipinski definition) is 0. The highest BCUT2D eigenvalue weighted by molar-refractivity contribution is 5.09. The second kappa shape index (κ2) is 7.39. The molecule has 0 fully saturated rings. The molecule has 7 nitrogen and oxygen atoms in total. The molecule has 1 atom stereocenters. The van der Waals surface area contributed by atoms with Gasteiger partial charge in [0.05, 0.1) is 36.3 Å². The highest BCUT2D eigenvalue weighted by Gasteiger charge is 2.23. The van der Waals surface area contributed by atoms with E-state index in [-0.39, 0.29) is 6.10 Å². The van der Waals surface area contributed by atoms with Gasteiger partial charge in [-0.3, -0.25) is 14.6 Å². The standard InChI is InChI=1S/C19H23N5O2/c1-14-4-3-5-16(21-14)13-25-19-11-23(9-17-8-15(2)26-22-17)10-18-6-7-20-24(18)12-19/h3-8,19H,9-13H2,1-2H3. The first-order valence-electron chi connectivity index (χ1n) is 8.85. The van der Waals surface area contributed by atoms with Crippen LogP contribution in [0.3, 0.4) is 0 Å². The van der Waals surface area contributed by atoms with Crippen molar-refractivity contribution in [2.24, 2.45) is 0 Å². The molecule has 1 aliphatic rings. The molecular formula is C19H23N5O2. The van der Waals surface area contributed by atoms with E-state index in [0.29, 0.717) is 6.61 Å². The van der Waals surface area contributed by atoms with E-state index in [9.17, 15) is 0 Å². The van der Waals surface area contributed by atoms with Crippen molar-refractivity contribution in [3.8, 4) is 0 Å². The summed E-state index contributed by atoms with van der Waals surface area (Å²) in [5, 5.41) is 8.56. The Kier molecular flexibility index (Phi) is 4.81. The summed E-state index contributed by atoms with van der Waals surface area (Å²) in [4.78, 5) is 6.85. The van der Waals surface area contributed by atoms with Gasteiger partial charge in [-0.05, 0) is 32.0 Å². The summed E-state index contributed by atoms with van der Waals surface area (Å²) in [7, 11) is 0. The quantitative estimate of drug-likeness (QED) is 0.702. The van der Waals surface area contributed by atoms with Crippen molar-refractivity contribution in [2.45, 2.75) is 46.2 Å². The van der Waals surface area contributed by atoms with E-state index in [1.807, 2.05) is 49.0 Å². The van der Waals surface area contributed by atoms with Gasteiger partial charge in [0.25, 0.3) is 0 Å². The topological polar surface area (TPSA) is 69.2 Å². The fraction of sp³-hybridized carbons (Fsp3) is 0.421. The van der Waals surface area contributed by atoms with Gasteiger partial charge in [-0.2, -0.15) is 5.10 Å². The van der Waals surface area contributed by atoms with E-state index >= 15 is 0 Å². The monoisotopic (exact) mass is 353 g/mol. The Morgan fingerprint density at radius 1 is 1.19 bits per heavy atom. The fourth-order valence-electron chi connectivity index (χ4n) is 3.32. The molecule has 4 rings (SSSR count). The molecule has 0 spiro atoms. The summed E-state index contributed by atoms with van der Waals surface area (Å²) < 4.78 is 13.4. The molecule has 136 valence electrons. The SMILES string of the molecule is Cc1cccc(COC2CN(Cc3cc(C)on3)Cc3ccnn3C2)n1. The number of aryl methyl sites for hydroxylation is 2. The maximum absolute atomic E-state index is 6.19. The van der Waals surface area contributed by atoms with E-state index < -0.39 is 0 Å². The molecule has 1 unspecified atom stereocenters. The minimum Gasteiger partial charge on any atom is -0.369 e. The Hall–Kier alpha value is -2.51. The van der Waals surface area contributed by atoms with Gasteiger partial charge in [0.1, 0.15) is 5.76 Å². The van der Waals surface area contributed by atoms with Crippen molar-refractivity contribution in [3.05, 3.63) is 65.1 Å². The molecule has 0 bridgehead atoms. The highest BCUT2D eigenvalue weighted by atomic mass is 16.5. The third-order valence-corrected chi connectivity index (χ3v) is 4.50. The largest absolute Gasteiger partial charge is 0.369 e. The lowest BCUT2D eigenvalue weighted by Crippen LogP contribution is -2.33. The average molecular weight is 353 g/mol. The summed E-state index contributed by atoms with van der Waals surface area (Å²) >= 11 is 0. The molecule has 7 heteroatoms. The Bertz CT molecular complexity index is 872. The predicted molar refractivity (Wildman–Crippen MR) is 95.1 cm³/mol. The third-order valence-electron chi connectivity index (χ3n) is 4.50. The summed E-state index contributed by atoms with van der Waals surface area (Å²) in [6.45, 7) is 7.49. The number of nitrogens with zero attached hydrogens (tertiary/aromatic N) is 5. The molecular weight excluding hydrogens is 330 g/mol. The van der Waals surface area contributed by atoms with Crippen LogP contribution in [0, 0.1) is 13.8 Å². The van der Waals surface area contributed by atoms with Crippen molar-refractivity contribution in [2.75, 3.05) is 6.54 Å². The summed E-state index contributed by atoms with van der Waals surface area (Å²) in [6, 6.07) is 10.0. The van der Waals surface area contributed by atoms with E-state index in [1.54, 1.807) is 0 Å². The Morgan fingerprint density at radius 3 is 2.92 bits per heavy atom. The Balaban J connectivity index is 1.47. The van der Waals surface area contributed by atoms with Crippen LogP contribution in [0.1, 0.15) is 28.5 Å². The maximum atomic E-state index is 6.19. The lowest BCUT2D eigenvalue weighted by molar-refractivity contribution is 0.00539. The van der Waals surface area contributed by atoms with Gasteiger partial charge >= 0.3 is 0 Å². The van der Waals surface area contributed by atoms with Crippen LogP contribution in [-0.2, 0) is 31.0 Å². The first kappa shape index (κ1) is 16.9. The van der Waals surface area contributed by atoms with Crippen LogP contribution in [0.25, 0.3) is 0 Å². The zero-order valence-electron chi connectivity index (χ0n) is 15.1. The summed E-state index contributed by atoms with van der Waals surface area (Å²) in [5.41, 5.74) is 4.08. The summed E-state index contributed by atoms with van der Waals surface area (Å²) in [5.74, 6) is 0.832. The Labute approximate surface area is 152 Å². The van der Waals surface area contributed by atoms with Crippen molar-refractivity contribution < 1.29 is 9.26 Å². The van der Waals surface area contributed by atoms with Crippen LogP contribution in [0.5, 0.6) is 0 Å². The van der Waals surface area contributed by atoms with Gasteiger partial charge in [-0.25, -0.2) is 0 Å².